The predicted octanol–water partition coefficient (Wildman–Crippen LogP) is 7.32. The Morgan fingerprint density at radius 1 is 0.712 bits per heavy atom. The summed E-state index contributed by atoms with van der Waals surface area (Å²) in [4.78, 5) is 70.0. The van der Waals surface area contributed by atoms with Crippen LogP contribution in [0.2, 0.25) is 0 Å². The number of anilines is 1. The van der Waals surface area contributed by atoms with Crippen molar-refractivity contribution in [1.29, 1.82) is 0 Å². The van der Waals surface area contributed by atoms with Gasteiger partial charge in [-0.25, -0.2) is 9.69 Å². The van der Waals surface area contributed by atoms with Crippen LogP contribution in [0.3, 0.4) is 0 Å². The van der Waals surface area contributed by atoms with Crippen molar-refractivity contribution >= 4 is 29.6 Å². The van der Waals surface area contributed by atoms with Crippen molar-refractivity contribution in [2.45, 2.75) is 36.2 Å². The first-order valence-corrected chi connectivity index (χ1v) is 24.2. The molecular weight excluding hydrogens is 929 g/mol. The summed E-state index contributed by atoms with van der Waals surface area (Å²) in [6.07, 6.45) is -1.88. The van der Waals surface area contributed by atoms with Crippen molar-refractivity contribution in [2.24, 2.45) is 5.92 Å². The average molecular weight is 981 g/mol. The summed E-state index contributed by atoms with van der Waals surface area (Å²) in [5.74, 6) is 5.12. The highest BCUT2D eigenvalue weighted by molar-refractivity contribution is 6.23. The average Bonchev–Trinajstić information content (AvgIpc) is 4.10. The Kier molecular flexibility index (Phi) is 12.8. The number of fused-ring (bicyclic) bond motifs is 4. The quantitative estimate of drug-likeness (QED) is 0.0829. The fourth-order valence-corrected chi connectivity index (χ4v) is 11.3. The van der Waals surface area contributed by atoms with Crippen molar-refractivity contribution in [1.82, 2.24) is 14.7 Å². The van der Waals surface area contributed by atoms with Gasteiger partial charge in [0.1, 0.15) is 35.7 Å². The van der Waals surface area contributed by atoms with Gasteiger partial charge in [-0.3, -0.25) is 24.2 Å². The molecule has 6 aromatic rings. The van der Waals surface area contributed by atoms with E-state index in [0.29, 0.717) is 64.7 Å². The second-order valence-electron chi connectivity index (χ2n) is 18.6. The maximum absolute atomic E-state index is 16.6. The zero-order valence-electron chi connectivity index (χ0n) is 40.2. The first kappa shape index (κ1) is 47.2. The lowest BCUT2D eigenvalue weighted by Gasteiger charge is -2.46. The van der Waals surface area contributed by atoms with Crippen LogP contribution in [0, 0.1) is 17.8 Å². The Morgan fingerprint density at radius 2 is 1.40 bits per heavy atom. The van der Waals surface area contributed by atoms with E-state index in [0.717, 1.165) is 16.0 Å². The molecule has 6 atom stereocenters. The minimum Gasteiger partial charge on any atom is -0.508 e. The number of methoxy groups -OCH3 is 2. The molecule has 0 radical (unpaired) electrons. The zero-order valence-corrected chi connectivity index (χ0v) is 40.2. The van der Waals surface area contributed by atoms with Crippen LogP contribution >= 0.6 is 0 Å². The third-order valence-electron chi connectivity index (χ3n) is 14.6. The fourth-order valence-electron chi connectivity index (χ4n) is 11.3. The number of nitrogens with zero attached hydrogens (tertiary/aromatic N) is 4. The van der Waals surface area contributed by atoms with E-state index in [9.17, 15) is 9.90 Å². The van der Waals surface area contributed by atoms with E-state index in [1.807, 2.05) is 108 Å². The summed E-state index contributed by atoms with van der Waals surface area (Å²) in [7, 11) is 3.06. The van der Waals surface area contributed by atoms with Gasteiger partial charge >= 0.3 is 12.1 Å². The van der Waals surface area contributed by atoms with E-state index in [1.165, 1.54) is 19.2 Å². The number of imide groups is 1. The minimum atomic E-state index is -2.02. The number of cyclic esters (lactones) is 1. The second kappa shape index (κ2) is 19.8. The first-order valence-electron chi connectivity index (χ1n) is 24.2. The molecule has 370 valence electrons. The summed E-state index contributed by atoms with van der Waals surface area (Å²) < 4.78 is 34.2. The standard InChI is InChI=1S/C58H52N4O11/c1-68-31-32-70-57(67)61-46-25-17-38(14-13-37-15-23-44(69-2)24-16-37)33-45(46)58(56(61)66)49(54(64)60-29-27-59(28-30-60)35-39-18-26-47-48(34-39)72-36-71-47)51-55(65)73-52(41-11-7-4-8-12-41)50(40-9-5-3-6-10-40)62(51)53(58)42-19-21-43(63)22-20-42/h3-12,15-26,33-34,49-53,63H,27-32,35-36H2,1-2H3/t49-,50-,51-,52+,53+,58-/m1/s1. The molecule has 11 rings (SSSR count). The van der Waals surface area contributed by atoms with Crippen LogP contribution in [-0.2, 0) is 40.6 Å². The molecule has 0 aromatic heterocycles. The van der Waals surface area contributed by atoms with Crippen LogP contribution in [0.5, 0.6) is 23.0 Å². The number of aromatic hydroxyl groups is 1. The second-order valence-corrected chi connectivity index (χ2v) is 18.6. The molecule has 1 N–H and O–H groups in total. The Morgan fingerprint density at radius 3 is 2.11 bits per heavy atom. The summed E-state index contributed by atoms with van der Waals surface area (Å²) in [5.41, 5.74) is 2.65. The third-order valence-corrected chi connectivity index (χ3v) is 14.6. The highest BCUT2D eigenvalue weighted by Gasteiger charge is 2.76. The number of carbonyl (C=O) groups excluding carboxylic acids is 4. The number of rotatable bonds is 10. The van der Waals surface area contributed by atoms with E-state index in [1.54, 1.807) is 42.3 Å². The zero-order chi connectivity index (χ0) is 50.2. The number of esters is 1. The molecule has 0 bridgehead atoms. The van der Waals surface area contributed by atoms with Gasteiger partial charge < -0.3 is 38.4 Å². The van der Waals surface area contributed by atoms with E-state index in [-0.39, 0.29) is 44.5 Å². The molecule has 15 heteroatoms. The predicted molar refractivity (Wildman–Crippen MR) is 267 cm³/mol. The van der Waals surface area contributed by atoms with Crippen molar-refractivity contribution in [3.05, 3.63) is 185 Å². The highest BCUT2D eigenvalue weighted by atomic mass is 16.7. The van der Waals surface area contributed by atoms with E-state index < -0.39 is 59.4 Å². The largest absolute Gasteiger partial charge is 0.508 e. The monoisotopic (exact) mass is 980 g/mol. The maximum atomic E-state index is 16.6. The van der Waals surface area contributed by atoms with Crippen LogP contribution in [0.25, 0.3) is 0 Å². The van der Waals surface area contributed by atoms with Crippen LogP contribution in [-0.4, -0.2) is 110 Å². The molecule has 3 saturated heterocycles. The number of piperazine rings is 1. The Labute approximate surface area is 422 Å². The number of hydrogen-bond donors (Lipinski definition) is 1. The van der Waals surface area contributed by atoms with Gasteiger partial charge in [0.15, 0.2) is 11.5 Å². The van der Waals surface area contributed by atoms with E-state index >= 15 is 14.4 Å². The van der Waals surface area contributed by atoms with Gasteiger partial charge in [0.05, 0.1) is 37.4 Å². The molecule has 1 spiro atoms. The topological polar surface area (TPSA) is 157 Å². The number of amides is 3. The van der Waals surface area contributed by atoms with Gasteiger partial charge in [-0.15, -0.1) is 0 Å². The van der Waals surface area contributed by atoms with E-state index in [2.05, 4.69) is 16.7 Å². The first-order chi connectivity index (χ1) is 35.7. The molecule has 0 saturated carbocycles. The summed E-state index contributed by atoms with van der Waals surface area (Å²) >= 11 is 0. The Bertz CT molecular complexity index is 3120. The lowest BCUT2D eigenvalue weighted by Crippen LogP contribution is -2.59. The Hall–Kier alpha value is -8.16. The van der Waals surface area contributed by atoms with Crippen LogP contribution in [0.15, 0.2) is 146 Å². The molecule has 5 aliphatic heterocycles. The number of phenols is 1. The molecule has 73 heavy (non-hydrogen) atoms. The lowest BCUT2D eigenvalue weighted by atomic mass is 9.65. The van der Waals surface area contributed by atoms with Gasteiger partial charge in [-0.1, -0.05) is 90.7 Å². The molecule has 3 fully saturated rings. The van der Waals surface area contributed by atoms with Gasteiger partial charge in [-0.2, -0.15) is 0 Å². The summed E-state index contributed by atoms with van der Waals surface area (Å²) in [6.45, 7) is 2.16. The number of carbonyl (C=O) groups is 4. The Balaban J connectivity index is 1.11. The smallest absolute Gasteiger partial charge is 0.421 e. The van der Waals surface area contributed by atoms with Crippen molar-refractivity contribution < 1.29 is 52.7 Å². The van der Waals surface area contributed by atoms with E-state index in [4.69, 9.17) is 28.4 Å². The van der Waals surface area contributed by atoms with Crippen LogP contribution in [0.4, 0.5) is 10.5 Å². The molecule has 5 heterocycles. The molecule has 5 aliphatic rings. The molecule has 0 aliphatic carbocycles. The van der Waals surface area contributed by atoms with Crippen molar-refractivity contribution in [3.8, 4) is 34.8 Å². The molecule has 3 amide bonds. The molecule has 15 nitrogen and oxygen atoms in total. The van der Waals surface area contributed by atoms with Gasteiger partial charge in [-0.05, 0) is 94.5 Å². The molecule has 6 aromatic carbocycles. The number of morpholine rings is 1. The van der Waals surface area contributed by atoms with Crippen molar-refractivity contribution in [2.75, 3.05) is 65.3 Å². The number of benzene rings is 6. The fraction of sp³-hybridized carbons (Fsp3) is 0.276. The van der Waals surface area contributed by atoms with Crippen LogP contribution < -0.4 is 19.1 Å². The molecular formula is C58H52N4O11. The molecule has 0 unspecified atom stereocenters. The number of hydrogen-bond acceptors (Lipinski definition) is 13. The van der Waals surface area contributed by atoms with Gasteiger partial charge in [0, 0.05) is 51.0 Å². The number of ether oxygens (including phenoxy) is 6. The third kappa shape index (κ3) is 8.46. The van der Waals surface area contributed by atoms with Gasteiger partial charge in [0.2, 0.25) is 18.6 Å². The SMILES string of the molecule is COCCOC(=O)N1C(=O)[C@@]2(c3cc(C#Cc4ccc(OC)cc4)ccc31)[C@H](c1ccc(O)cc1)N1[C@H](c3ccccc3)[C@H](c3ccccc3)OC(=O)[C@H]1[C@@H]2C(=O)N1CCN(Cc2ccc3c(c2)OCO3)CC1. The minimum absolute atomic E-state index is 0.0315. The van der Waals surface area contributed by atoms with Crippen molar-refractivity contribution in [3.63, 3.8) is 0 Å². The normalized spacial score (nSPS) is 23.1. The number of phenolic OH excluding ortho intramolecular Hbond substituents is 1. The maximum Gasteiger partial charge on any atom is 0.421 e. The summed E-state index contributed by atoms with van der Waals surface area (Å²) in [5, 5.41) is 10.8. The van der Waals surface area contributed by atoms with Gasteiger partial charge in [0.25, 0.3) is 0 Å². The highest BCUT2D eigenvalue weighted by Crippen LogP contribution is 2.66. The summed E-state index contributed by atoms with van der Waals surface area (Å²) in [6, 6.07) is 40.4. The van der Waals surface area contributed by atoms with Crippen LogP contribution in [0.1, 0.15) is 57.1 Å². The lowest BCUT2D eigenvalue weighted by molar-refractivity contribution is -0.179.